The number of fused-ring (bicyclic) bond motifs is 1. The fraction of sp³-hybridized carbons (Fsp3) is 0.595. The number of amides is 5. The number of benzene rings is 1. The Balaban J connectivity index is 1.17. The number of aromatic amines is 1. The zero-order valence-electron chi connectivity index (χ0n) is 31.2. The Hall–Kier alpha value is -5.35. The van der Waals surface area contributed by atoms with Gasteiger partial charge in [-0.3, -0.25) is 19.2 Å². The molecule has 6 rings (SSSR count). The molecule has 0 radical (unpaired) electrons. The van der Waals surface area contributed by atoms with E-state index in [0.29, 0.717) is 49.4 Å². The SMILES string of the molecule is CCCCOC(=O)N1CCN(C(=O)[C@H](CCc2nn[nH]n2)NC(=O)c2cc(O[C@H](C)C(=O)N3CCC[C@H]3C(=O)NC3CCC3)c3ccc(C)cc3n2)CC1. The van der Waals surface area contributed by atoms with E-state index >= 15 is 0 Å². The van der Waals surface area contributed by atoms with E-state index in [1.54, 1.807) is 21.6 Å². The van der Waals surface area contributed by atoms with Crippen LogP contribution in [0.5, 0.6) is 5.75 Å². The van der Waals surface area contributed by atoms with Crippen LogP contribution in [0.3, 0.4) is 0 Å². The standard InChI is InChI=1S/C37H50N10O7/c1-4-5-20-53-37(52)46-18-16-45(17-19-46)36(51)27(13-14-32-41-43-44-42-32)40-33(48)29-22-31(26-12-11-23(2)21-28(26)39-29)54-24(3)35(50)47-15-7-10-30(47)34(49)38-25-8-6-9-25/h11-12,21-22,24-25,27,30H,4-10,13-20H2,1-3H3,(H,38,49)(H,40,48)(H,41,42,43,44)/t24-,27+,30+/m1/s1. The van der Waals surface area contributed by atoms with Crippen LogP contribution in [0.2, 0.25) is 0 Å². The van der Waals surface area contributed by atoms with Crippen molar-refractivity contribution in [2.45, 2.75) is 103 Å². The van der Waals surface area contributed by atoms with Crippen molar-refractivity contribution in [3.63, 3.8) is 0 Å². The summed E-state index contributed by atoms with van der Waals surface area (Å²) in [5, 5.41) is 20.5. The van der Waals surface area contributed by atoms with E-state index in [-0.39, 0.29) is 61.1 Å². The van der Waals surface area contributed by atoms with Crippen molar-refractivity contribution >= 4 is 40.6 Å². The van der Waals surface area contributed by atoms with Crippen LogP contribution in [0.15, 0.2) is 24.3 Å². The van der Waals surface area contributed by atoms with Gasteiger partial charge in [0.15, 0.2) is 11.9 Å². The molecule has 4 heterocycles. The summed E-state index contributed by atoms with van der Waals surface area (Å²) in [6.07, 6.45) is 5.07. The second-order valence-electron chi connectivity index (χ2n) is 14.3. The molecule has 1 aliphatic carbocycles. The van der Waals surface area contributed by atoms with Crippen LogP contribution < -0.4 is 15.4 Å². The maximum atomic E-state index is 14.0. The van der Waals surface area contributed by atoms with Gasteiger partial charge in [0.1, 0.15) is 23.5 Å². The highest BCUT2D eigenvalue weighted by atomic mass is 16.6. The van der Waals surface area contributed by atoms with Gasteiger partial charge in [-0.15, -0.1) is 10.2 Å². The van der Waals surface area contributed by atoms with Crippen molar-refractivity contribution in [1.82, 2.24) is 50.9 Å². The molecule has 3 aromatic rings. The van der Waals surface area contributed by atoms with Crippen LogP contribution in [0.4, 0.5) is 4.79 Å². The van der Waals surface area contributed by atoms with Gasteiger partial charge in [-0.05, 0) is 76.5 Å². The van der Waals surface area contributed by atoms with Crippen molar-refractivity contribution in [2.24, 2.45) is 0 Å². The lowest BCUT2D eigenvalue weighted by atomic mass is 9.93. The van der Waals surface area contributed by atoms with Gasteiger partial charge in [-0.25, -0.2) is 9.78 Å². The third kappa shape index (κ3) is 9.23. The van der Waals surface area contributed by atoms with Gasteiger partial charge in [-0.1, -0.05) is 24.6 Å². The lowest BCUT2D eigenvalue weighted by Crippen LogP contribution is -2.56. The molecule has 0 unspecified atom stereocenters. The number of nitrogens with one attached hydrogen (secondary N) is 3. The van der Waals surface area contributed by atoms with Gasteiger partial charge in [-0.2, -0.15) is 5.21 Å². The number of unbranched alkanes of at least 4 members (excludes halogenated alkanes) is 1. The number of H-pyrrole nitrogens is 1. The van der Waals surface area contributed by atoms with Crippen LogP contribution in [0.1, 0.15) is 87.1 Å². The minimum Gasteiger partial charge on any atom is -0.480 e. The van der Waals surface area contributed by atoms with Crippen molar-refractivity contribution < 1.29 is 33.4 Å². The highest BCUT2D eigenvalue weighted by Crippen LogP contribution is 2.29. The number of carbonyl (C=O) groups excluding carboxylic acids is 5. The van der Waals surface area contributed by atoms with E-state index in [4.69, 9.17) is 9.47 Å². The number of hydrogen-bond acceptors (Lipinski definition) is 11. The molecule has 17 nitrogen and oxygen atoms in total. The zero-order valence-corrected chi connectivity index (χ0v) is 31.2. The molecule has 0 bridgehead atoms. The average molecular weight is 747 g/mol. The number of aryl methyl sites for hydroxylation is 2. The summed E-state index contributed by atoms with van der Waals surface area (Å²) in [6, 6.07) is 5.66. The Morgan fingerprint density at radius 1 is 0.981 bits per heavy atom. The minimum absolute atomic E-state index is 0.00122. The second kappa shape index (κ2) is 17.6. The number of pyridine rings is 1. The van der Waals surface area contributed by atoms with Crippen LogP contribution >= 0.6 is 0 Å². The topological polar surface area (TPSA) is 205 Å². The van der Waals surface area contributed by atoms with Crippen molar-refractivity contribution in [2.75, 3.05) is 39.3 Å². The number of tetrazole rings is 1. The highest BCUT2D eigenvalue weighted by Gasteiger charge is 2.38. The fourth-order valence-corrected chi connectivity index (χ4v) is 6.92. The number of ether oxygens (including phenoxy) is 2. The Morgan fingerprint density at radius 3 is 2.46 bits per heavy atom. The first kappa shape index (κ1) is 38.4. The van der Waals surface area contributed by atoms with Gasteiger partial charge >= 0.3 is 6.09 Å². The molecule has 2 aromatic heterocycles. The number of aromatic nitrogens is 5. The molecule has 5 amide bonds. The molecule has 0 spiro atoms. The van der Waals surface area contributed by atoms with Crippen LogP contribution in [0, 0.1) is 6.92 Å². The normalized spacial score (nSPS) is 18.5. The molecule has 1 saturated carbocycles. The van der Waals surface area contributed by atoms with Crippen molar-refractivity contribution in [1.29, 1.82) is 0 Å². The fourth-order valence-electron chi connectivity index (χ4n) is 6.92. The third-order valence-electron chi connectivity index (χ3n) is 10.3. The van der Waals surface area contributed by atoms with Crippen LogP contribution in [-0.2, 0) is 25.5 Å². The van der Waals surface area contributed by atoms with Gasteiger partial charge in [0, 0.05) is 56.6 Å². The van der Waals surface area contributed by atoms with E-state index in [9.17, 15) is 24.0 Å². The molecule has 2 aliphatic heterocycles. The number of nitrogens with zero attached hydrogens (tertiary/aromatic N) is 7. The van der Waals surface area contributed by atoms with E-state index in [1.165, 1.54) is 6.07 Å². The first-order chi connectivity index (χ1) is 26.1. The smallest absolute Gasteiger partial charge is 0.409 e. The number of hydrogen-bond donors (Lipinski definition) is 3. The zero-order chi connectivity index (χ0) is 38.2. The first-order valence-corrected chi connectivity index (χ1v) is 19.0. The van der Waals surface area contributed by atoms with Gasteiger partial charge in [0.25, 0.3) is 11.8 Å². The maximum Gasteiger partial charge on any atom is 0.409 e. The molecule has 54 heavy (non-hydrogen) atoms. The number of likely N-dealkylation sites (tertiary alicyclic amines) is 1. The van der Waals surface area contributed by atoms with E-state index in [0.717, 1.165) is 44.1 Å². The second-order valence-corrected chi connectivity index (χ2v) is 14.3. The molecule has 3 aliphatic rings. The molecule has 3 fully saturated rings. The van der Waals surface area contributed by atoms with Gasteiger partial charge in [0.2, 0.25) is 11.8 Å². The minimum atomic E-state index is -0.975. The molecule has 3 N–H and O–H groups in total. The molecule has 17 heteroatoms. The van der Waals surface area contributed by atoms with Gasteiger partial charge < -0.3 is 34.8 Å². The lowest BCUT2D eigenvalue weighted by molar-refractivity contribution is -0.143. The van der Waals surface area contributed by atoms with Crippen LogP contribution in [-0.4, -0.2) is 134 Å². The van der Waals surface area contributed by atoms with Crippen LogP contribution in [0.25, 0.3) is 10.9 Å². The lowest BCUT2D eigenvalue weighted by Gasteiger charge is -2.36. The first-order valence-electron chi connectivity index (χ1n) is 19.0. The maximum absolute atomic E-state index is 14.0. The largest absolute Gasteiger partial charge is 0.480 e. The Kier molecular flexibility index (Phi) is 12.5. The number of piperazine rings is 1. The van der Waals surface area contributed by atoms with Crippen molar-refractivity contribution in [3.05, 3.63) is 41.3 Å². The predicted octanol–water partition coefficient (Wildman–Crippen LogP) is 2.30. The highest BCUT2D eigenvalue weighted by molar-refractivity contribution is 5.99. The monoisotopic (exact) mass is 746 g/mol. The van der Waals surface area contributed by atoms with E-state index in [2.05, 4.69) is 36.2 Å². The number of carbonyl (C=O) groups is 5. The molecule has 1 aromatic carbocycles. The average Bonchev–Trinajstić information content (AvgIpc) is 3.87. The van der Waals surface area contributed by atoms with Gasteiger partial charge in [0.05, 0.1) is 12.1 Å². The Morgan fingerprint density at radius 2 is 1.76 bits per heavy atom. The Bertz CT molecular complexity index is 1810. The summed E-state index contributed by atoms with van der Waals surface area (Å²) in [6.45, 7) is 7.51. The van der Waals surface area contributed by atoms with Crippen molar-refractivity contribution in [3.8, 4) is 5.75 Å². The summed E-state index contributed by atoms with van der Waals surface area (Å²) in [5.74, 6) is -0.713. The molecule has 2 saturated heterocycles. The molecule has 3 atom stereocenters. The molecular formula is C37H50N10O7. The van der Waals surface area contributed by atoms with E-state index < -0.39 is 30.2 Å². The third-order valence-corrected chi connectivity index (χ3v) is 10.3. The summed E-state index contributed by atoms with van der Waals surface area (Å²) < 4.78 is 11.6. The quantitative estimate of drug-likeness (QED) is 0.204. The summed E-state index contributed by atoms with van der Waals surface area (Å²) in [4.78, 5) is 76.6. The molecular weight excluding hydrogens is 696 g/mol. The number of rotatable bonds is 14. The summed E-state index contributed by atoms with van der Waals surface area (Å²) >= 11 is 0. The summed E-state index contributed by atoms with van der Waals surface area (Å²) in [5.41, 5.74) is 1.38. The molecule has 290 valence electrons. The Labute approximate surface area is 313 Å². The van der Waals surface area contributed by atoms with E-state index in [1.807, 2.05) is 32.0 Å². The predicted molar refractivity (Wildman–Crippen MR) is 195 cm³/mol. The summed E-state index contributed by atoms with van der Waals surface area (Å²) in [7, 11) is 0.